The Morgan fingerprint density at radius 2 is 0.966 bits per heavy atom. The number of unbranched alkanes of at least 4 members (excludes halogenated alkanes) is 13. The first kappa shape index (κ1) is 25.5. The topological polar surface area (TPSA) is 52.6 Å². The van der Waals surface area contributed by atoms with Crippen LogP contribution in [0.3, 0.4) is 0 Å². The third-order valence-corrected chi connectivity index (χ3v) is 5.87. The van der Waals surface area contributed by atoms with Crippen molar-refractivity contribution in [2.75, 3.05) is 14.2 Å². The summed E-state index contributed by atoms with van der Waals surface area (Å²) in [6.45, 7) is 3.98. The lowest BCUT2D eigenvalue weighted by atomic mass is 9.89. The molecule has 0 aliphatic heterocycles. The number of rotatable bonds is 17. The molecule has 0 aromatic carbocycles. The molecule has 1 aliphatic carbocycles. The Balaban J connectivity index is 2.13. The quantitative estimate of drug-likeness (QED) is 0.196. The number of ketones is 2. The Hall–Kier alpha value is -1.58. The summed E-state index contributed by atoms with van der Waals surface area (Å²) in [4.78, 5) is 24.9. The highest BCUT2D eigenvalue weighted by Crippen LogP contribution is 2.28. The van der Waals surface area contributed by atoms with E-state index >= 15 is 0 Å². The van der Waals surface area contributed by atoms with Crippen LogP contribution in [-0.2, 0) is 19.1 Å². The first-order valence-corrected chi connectivity index (χ1v) is 11.7. The lowest BCUT2D eigenvalue weighted by molar-refractivity contribution is -0.121. The van der Waals surface area contributed by atoms with Gasteiger partial charge in [-0.3, -0.25) is 9.59 Å². The van der Waals surface area contributed by atoms with Gasteiger partial charge in [-0.15, -0.1) is 0 Å². The summed E-state index contributed by atoms with van der Waals surface area (Å²) in [5, 5.41) is 0. The molecule has 29 heavy (non-hydrogen) atoms. The van der Waals surface area contributed by atoms with E-state index in [1.54, 1.807) is 6.92 Å². The van der Waals surface area contributed by atoms with Gasteiger partial charge in [-0.1, -0.05) is 90.4 Å². The maximum atomic E-state index is 12.6. The van der Waals surface area contributed by atoms with Gasteiger partial charge in [0.25, 0.3) is 0 Å². The van der Waals surface area contributed by atoms with E-state index in [4.69, 9.17) is 9.47 Å². The van der Waals surface area contributed by atoms with E-state index in [0.717, 1.165) is 12.8 Å². The molecule has 0 aromatic rings. The van der Waals surface area contributed by atoms with E-state index in [1.807, 2.05) is 0 Å². The van der Waals surface area contributed by atoms with Crippen LogP contribution in [0.5, 0.6) is 0 Å². The maximum absolute atomic E-state index is 12.6. The number of carbonyl (C=O) groups excluding carboxylic acids is 2. The van der Waals surface area contributed by atoms with E-state index < -0.39 is 0 Å². The summed E-state index contributed by atoms with van der Waals surface area (Å²) in [6.07, 6.45) is 18.9. The molecule has 0 amide bonds. The molecule has 0 saturated carbocycles. The van der Waals surface area contributed by atoms with Crippen molar-refractivity contribution >= 4 is 11.6 Å². The van der Waals surface area contributed by atoms with Gasteiger partial charge < -0.3 is 9.47 Å². The van der Waals surface area contributed by atoms with Crippen molar-refractivity contribution in [2.45, 2.75) is 110 Å². The predicted molar refractivity (Wildman–Crippen MR) is 119 cm³/mol. The van der Waals surface area contributed by atoms with E-state index in [0.29, 0.717) is 17.6 Å². The molecule has 0 unspecified atom stereocenters. The van der Waals surface area contributed by atoms with E-state index in [-0.39, 0.29) is 23.1 Å². The molecular weight excluding hydrogens is 364 g/mol. The van der Waals surface area contributed by atoms with Crippen LogP contribution < -0.4 is 0 Å². The minimum atomic E-state index is -0.232. The first-order chi connectivity index (χ1) is 14.1. The average molecular weight is 407 g/mol. The molecule has 0 fully saturated rings. The molecule has 0 radical (unpaired) electrons. The van der Waals surface area contributed by atoms with Crippen molar-refractivity contribution in [3.63, 3.8) is 0 Å². The Labute approximate surface area is 178 Å². The molecule has 0 bridgehead atoms. The molecule has 0 heterocycles. The van der Waals surface area contributed by atoms with Crippen molar-refractivity contribution in [1.82, 2.24) is 0 Å². The van der Waals surface area contributed by atoms with Gasteiger partial charge in [0.2, 0.25) is 23.1 Å². The average Bonchev–Trinajstić information content (AvgIpc) is 2.72. The second-order valence-electron chi connectivity index (χ2n) is 8.17. The molecule has 0 atom stereocenters. The van der Waals surface area contributed by atoms with E-state index in [2.05, 4.69) is 6.92 Å². The lowest BCUT2D eigenvalue weighted by Gasteiger charge is -2.20. The van der Waals surface area contributed by atoms with Gasteiger partial charge in [-0.05, 0) is 19.8 Å². The zero-order valence-corrected chi connectivity index (χ0v) is 19.2. The summed E-state index contributed by atoms with van der Waals surface area (Å²) < 4.78 is 10.2. The van der Waals surface area contributed by atoms with Crippen LogP contribution >= 0.6 is 0 Å². The molecule has 4 heteroatoms. The van der Waals surface area contributed by atoms with E-state index in [1.165, 1.54) is 91.3 Å². The van der Waals surface area contributed by atoms with Crippen LogP contribution in [0.15, 0.2) is 22.7 Å². The fourth-order valence-electron chi connectivity index (χ4n) is 3.99. The van der Waals surface area contributed by atoms with Gasteiger partial charge >= 0.3 is 0 Å². The minimum Gasteiger partial charge on any atom is -0.489 e. The molecule has 166 valence electrons. The van der Waals surface area contributed by atoms with Gasteiger partial charge in [-0.2, -0.15) is 0 Å². The summed E-state index contributed by atoms with van der Waals surface area (Å²) in [5.41, 5.74) is 1.09. The number of hydrogen-bond acceptors (Lipinski definition) is 4. The zero-order chi connectivity index (χ0) is 21.5. The molecular formula is C25H42O4. The number of allylic oxidation sites excluding steroid dienone is 2. The zero-order valence-electron chi connectivity index (χ0n) is 19.2. The van der Waals surface area contributed by atoms with Crippen LogP contribution in [0.1, 0.15) is 110 Å². The highest BCUT2D eigenvalue weighted by molar-refractivity contribution is 6.23. The second kappa shape index (κ2) is 15.3. The monoisotopic (exact) mass is 406 g/mol. The van der Waals surface area contributed by atoms with E-state index in [9.17, 15) is 9.59 Å². The number of hydrogen-bond donors (Lipinski definition) is 0. The van der Waals surface area contributed by atoms with Gasteiger partial charge in [0, 0.05) is 11.1 Å². The van der Waals surface area contributed by atoms with Crippen LogP contribution in [0.25, 0.3) is 0 Å². The van der Waals surface area contributed by atoms with Crippen LogP contribution in [-0.4, -0.2) is 25.8 Å². The number of carbonyl (C=O) groups is 2. The predicted octanol–water partition coefficient (Wildman–Crippen LogP) is 6.83. The summed E-state index contributed by atoms with van der Waals surface area (Å²) in [5.74, 6) is -0.358. The van der Waals surface area contributed by atoms with Crippen LogP contribution in [0.4, 0.5) is 0 Å². The smallest absolute Gasteiger partial charge is 0.228 e. The fraction of sp³-hybridized carbons (Fsp3) is 0.760. The van der Waals surface area contributed by atoms with Crippen LogP contribution in [0.2, 0.25) is 0 Å². The highest BCUT2D eigenvalue weighted by atomic mass is 16.5. The summed E-state index contributed by atoms with van der Waals surface area (Å²) >= 11 is 0. The Morgan fingerprint density at radius 3 is 1.38 bits per heavy atom. The summed E-state index contributed by atoms with van der Waals surface area (Å²) in [7, 11) is 2.80. The molecule has 4 nitrogen and oxygen atoms in total. The molecule has 0 spiro atoms. The summed E-state index contributed by atoms with van der Waals surface area (Å²) in [6, 6.07) is 0. The van der Waals surface area contributed by atoms with Gasteiger partial charge in [0.1, 0.15) is 0 Å². The molecule has 0 N–H and O–H groups in total. The van der Waals surface area contributed by atoms with Crippen molar-refractivity contribution in [1.29, 1.82) is 0 Å². The number of methoxy groups -OCH3 is 2. The standard InChI is InChI=1S/C25H42O4/c1-5-6-7-8-9-10-11-12-13-14-15-16-17-18-19-21-20(2)22(26)24(28-3)25(29-4)23(21)27/h5-19H2,1-4H3. The Morgan fingerprint density at radius 1 is 0.586 bits per heavy atom. The molecule has 1 aliphatic rings. The number of Topliss-reactive ketones (excluding diaryl/α,β-unsaturated/α-hetero) is 2. The first-order valence-electron chi connectivity index (χ1n) is 11.7. The second-order valence-corrected chi connectivity index (χ2v) is 8.17. The third kappa shape index (κ3) is 8.76. The van der Waals surface area contributed by atoms with Gasteiger partial charge in [0.05, 0.1) is 14.2 Å². The molecule has 0 aromatic heterocycles. The van der Waals surface area contributed by atoms with Crippen molar-refractivity contribution in [2.24, 2.45) is 0 Å². The largest absolute Gasteiger partial charge is 0.489 e. The van der Waals surface area contributed by atoms with Crippen molar-refractivity contribution in [3.8, 4) is 0 Å². The van der Waals surface area contributed by atoms with Crippen molar-refractivity contribution in [3.05, 3.63) is 22.7 Å². The Kier molecular flexibility index (Phi) is 13.4. The van der Waals surface area contributed by atoms with Gasteiger partial charge in [0.15, 0.2) is 0 Å². The number of ether oxygens (including phenoxy) is 2. The highest BCUT2D eigenvalue weighted by Gasteiger charge is 2.34. The van der Waals surface area contributed by atoms with Crippen molar-refractivity contribution < 1.29 is 19.1 Å². The molecule has 1 rings (SSSR count). The fourth-order valence-corrected chi connectivity index (χ4v) is 3.99. The SMILES string of the molecule is CCCCCCCCCCCCCCCCC1=C(C)C(=O)C(OC)=C(OC)C1=O. The minimum absolute atomic E-state index is 0.0275. The maximum Gasteiger partial charge on any atom is 0.228 e. The lowest BCUT2D eigenvalue weighted by Crippen LogP contribution is -2.25. The Bertz CT molecular complexity index is 571. The normalized spacial score (nSPS) is 14.8. The van der Waals surface area contributed by atoms with Crippen LogP contribution in [0, 0.1) is 0 Å². The molecule has 0 saturated heterocycles. The van der Waals surface area contributed by atoms with Gasteiger partial charge in [-0.25, -0.2) is 0 Å². The third-order valence-electron chi connectivity index (χ3n) is 5.87.